The highest BCUT2D eigenvalue weighted by atomic mass is 32.1. The summed E-state index contributed by atoms with van der Waals surface area (Å²) in [5.74, 6) is 0. The third kappa shape index (κ3) is 1.79. The van der Waals surface area contributed by atoms with Crippen molar-refractivity contribution in [1.29, 1.82) is 0 Å². The van der Waals surface area contributed by atoms with Crippen molar-refractivity contribution in [1.82, 2.24) is 0 Å². The summed E-state index contributed by atoms with van der Waals surface area (Å²) in [6.45, 7) is 2.10. The lowest BCUT2D eigenvalue weighted by atomic mass is 10.1. The van der Waals surface area contributed by atoms with E-state index in [4.69, 9.17) is 5.73 Å². The second-order valence-corrected chi connectivity index (χ2v) is 5.33. The Morgan fingerprint density at radius 3 is 2.56 bits per heavy atom. The van der Waals surface area contributed by atoms with Crippen LogP contribution in [0.4, 0.5) is 0 Å². The lowest BCUT2D eigenvalue weighted by Crippen LogP contribution is -2.23. The molecule has 1 aliphatic carbocycles. The van der Waals surface area contributed by atoms with Crippen LogP contribution in [0.25, 0.3) is 17.7 Å². The van der Waals surface area contributed by atoms with Crippen LogP contribution in [-0.2, 0) is 0 Å². The molecule has 2 heteroatoms. The Kier molecular flexibility index (Phi) is 2.80. The Morgan fingerprint density at radius 1 is 1.11 bits per heavy atom. The Labute approximate surface area is 111 Å². The molecule has 0 atom stereocenters. The fraction of sp³-hybridized carbons (Fsp3) is 0.125. The molecule has 0 fully saturated rings. The number of benzene rings is 1. The van der Waals surface area contributed by atoms with Gasteiger partial charge in [0.15, 0.2) is 0 Å². The minimum absolute atomic E-state index is 0.880. The summed E-state index contributed by atoms with van der Waals surface area (Å²) in [4.78, 5) is 1.28. The molecule has 0 aliphatic heterocycles. The van der Waals surface area contributed by atoms with E-state index in [-0.39, 0.29) is 0 Å². The van der Waals surface area contributed by atoms with Crippen LogP contribution in [0, 0.1) is 0 Å². The topological polar surface area (TPSA) is 26.0 Å². The molecule has 0 bridgehead atoms. The Balaban J connectivity index is 2.42. The van der Waals surface area contributed by atoms with Gasteiger partial charge in [-0.3, -0.25) is 0 Å². The molecule has 3 rings (SSSR count). The first-order valence-electron chi connectivity index (χ1n) is 6.14. The van der Waals surface area contributed by atoms with E-state index < -0.39 is 0 Å². The number of allylic oxidation sites excluding steroid dienone is 2. The molecule has 0 saturated carbocycles. The zero-order valence-corrected chi connectivity index (χ0v) is 11.1. The predicted octanol–water partition coefficient (Wildman–Crippen LogP) is 2.45. The maximum atomic E-state index is 6.19. The van der Waals surface area contributed by atoms with E-state index in [1.54, 1.807) is 11.3 Å². The lowest BCUT2D eigenvalue weighted by molar-refractivity contribution is 1.08. The molecule has 1 heterocycles. The Hall–Kier alpha value is -1.80. The number of hydrogen-bond donors (Lipinski definition) is 1. The van der Waals surface area contributed by atoms with Gasteiger partial charge in [0.05, 0.1) is 0 Å². The van der Waals surface area contributed by atoms with E-state index in [1.807, 2.05) is 0 Å². The van der Waals surface area contributed by atoms with E-state index in [0.29, 0.717) is 0 Å². The molecule has 90 valence electrons. The van der Waals surface area contributed by atoms with Gasteiger partial charge in [-0.2, -0.15) is 0 Å². The van der Waals surface area contributed by atoms with Gasteiger partial charge in [0, 0.05) is 16.1 Å². The maximum absolute atomic E-state index is 6.19. The van der Waals surface area contributed by atoms with Crippen LogP contribution in [-0.4, -0.2) is 0 Å². The highest BCUT2D eigenvalue weighted by molar-refractivity contribution is 7.11. The van der Waals surface area contributed by atoms with Gasteiger partial charge in [-0.1, -0.05) is 31.2 Å². The molecule has 1 aromatic carbocycles. The third-order valence-corrected chi connectivity index (χ3v) is 4.24. The zero-order chi connectivity index (χ0) is 12.5. The number of rotatable bonds is 1. The van der Waals surface area contributed by atoms with Crippen molar-refractivity contribution in [3.63, 3.8) is 0 Å². The molecule has 18 heavy (non-hydrogen) atoms. The van der Waals surface area contributed by atoms with E-state index in [9.17, 15) is 0 Å². The minimum Gasteiger partial charge on any atom is -0.402 e. The van der Waals surface area contributed by atoms with Crippen LogP contribution >= 0.6 is 11.3 Å². The average molecular weight is 253 g/mol. The molecule has 1 aliphatic rings. The van der Waals surface area contributed by atoms with Gasteiger partial charge in [0.1, 0.15) is 0 Å². The molecule has 2 N–H and O–H groups in total. The molecule has 0 radical (unpaired) electrons. The van der Waals surface area contributed by atoms with Crippen LogP contribution in [0.15, 0.2) is 41.4 Å². The highest BCUT2D eigenvalue weighted by Crippen LogP contribution is 2.30. The molecular formula is C16H15NS. The maximum Gasteiger partial charge on any atom is 0.0432 e. The second-order valence-electron chi connectivity index (χ2n) is 4.42. The van der Waals surface area contributed by atoms with Gasteiger partial charge in [-0.05, 0) is 46.0 Å². The Bertz CT molecular complexity index is 734. The van der Waals surface area contributed by atoms with E-state index in [0.717, 1.165) is 12.1 Å². The normalized spacial score (nSPS) is 15.8. The standard InChI is InChI=1S/C16H15NS/c1-2-15(17)14-10-12-6-4-3-5-11(12)9-13-7-8-18-16(13)14/h3-10H,2,17H2,1H3. The van der Waals surface area contributed by atoms with Crippen LogP contribution < -0.4 is 16.2 Å². The predicted molar refractivity (Wildman–Crippen MR) is 79.4 cm³/mol. The van der Waals surface area contributed by atoms with Crippen LogP contribution in [0.2, 0.25) is 0 Å². The molecule has 1 nitrogen and oxygen atoms in total. The summed E-state index contributed by atoms with van der Waals surface area (Å²) in [6, 6.07) is 10.6. The quantitative estimate of drug-likeness (QED) is 0.830. The molecule has 1 aromatic heterocycles. The van der Waals surface area contributed by atoms with Gasteiger partial charge in [-0.15, -0.1) is 11.3 Å². The molecule has 0 amide bonds. The van der Waals surface area contributed by atoms with Crippen molar-refractivity contribution in [3.8, 4) is 0 Å². The average Bonchev–Trinajstić information content (AvgIpc) is 2.79. The van der Waals surface area contributed by atoms with E-state index in [1.165, 1.54) is 26.5 Å². The van der Waals surface area contributed by atoms with Crippen molar-refractivity contribution in [2.45, 2.75) is 13.3 Å². The van der Waals surface area contributed by atoms with Gasteiger partial charge in [-0.25, -0.2) is 0 Å². The first kappa shape index (κ1) is 11.3. The van der Waals surface area contributed by atoms with Crippen LogP contribution in [0.1, 0.15) is 23.8 Å². The van der Waals surface area contributed by atoms with E-state index >= 15 is 0 Å². The summed E-state index contributed by atoms with van der Waals surface area (Å²) in [5.41, 5.74) is 9.61. The molecule has 0 saturated heterocycles. The van der Waals surface area contributed by atoms with Gasteiger partial charge < -0.3 is 5.73 Å². The molecule has 2 aromatic rings. The Morgan fingerprint density at radius 2 is 1.83 bits per heavy atom. The second kappa shape index (κ2) is 4.46. The number of nitrogens with two attached hydrogens (primary N) is 1. The number of hydrogen-bond acceptors (Lipinski definition) is 2. The number of thiophene rings is 1. The summed E-state index contributed by atoms with van der Waals surface area (Å²) in [5, 5.41) is 4.63. The summed E-state index contributed by atoms with van der Waals surface area (Å²) < 4.78 is 0. The smallest absolute Gasteiger partial charge is 0.0432 e. The fourth-order valence-corrected chi connectivity index (χ4v) is 3.17. The minimum atomic E-state index is 0.880. The first-order chi connectivity index (χ1) is 8.79. The van der Waals surface area contributed by atoms with Crippen molar-refractivity contribution in [2.75, 3.05) is 0 Å². The third-order valence-electron chi connectivity index (χ3n) is 3.27. The molecule has 0 spiro atoms. The van der Waals surface area contributed by atoms with Gasteiger partial charge in [0.25, 0.3) is 0 Å². The molecule has 0 unspecified atom stereocenters. The summed E-state index contributed by atoms with van der Waals surface area (Å²) in [6.07, 6.45) is 5.34. The first-order valence-corrected chi connectivity index (χ1v) is 7.02. The summed E-state index contributed by atoms with van der Waals surface area (Å²) in [7, 11) is 0. The van der Waals surface area contributed by atoms with Gasteiger partial charge in [0.2, 0.25) is 0 Å². The van der Waals surface area contributed by atoms with Crippen molar-refractivity contribution in [2.24, 2.45) is 5.73 Å². The molecular weight excluding hydrogens is 238 g/mol. The lowest BCUT2D eigenvalue weighted by Gasteiger charge is -2.05. The van der Waals surface area contributed by atoms with Crippen molar-refractivity contribution >= 4 is 29.1 Å². The fourth-order valence-electron chi connectivity index (χ4n) is 2.24. The van der Waals surface area contributed by atoms with Crippen molar-refractivity contribution < 1.29 is 0 Å². The van der Waals surface area contributed by atoms with Gasteiger partial charge >= 0.3 is 0 Å². The van der Waals surface area contributed by atoms with Crippen LogP contribution in [0.5, 0.6) is 0 Å². The van der Waals surface area contributed by atoms with Crippen molar-refractivity contribution in [3.05, 3.63) is 62.3 Å². The number of fused-ring (bicyclic) bond motifs is 2. The SMILES string of the molecule is CCC(N)=C1C=c2ccccc2=Cc2ccsc21. The zero-order valence-electron chi connectivity index (χ0n) is 10.3. The van der Waals surface area contributed by atoms with E-state index in [2.05, 4.69) is 54.8 Å². The van der Waals surface area contributed by atoms with Crippen LogP contribution in [0.3, 0.4) is 0 Å². The summed E-state index contributed by atoms with van der Waals surface area (Å²) >= 11 is 1.76. The monoisotopic (exact) mass is 253 g/mol. The largest absolute Gasteiger partial charge is 0.402 e. The highest BCUT2D eigenvalue weighted by Gasteiger charge is 2.11.